The molecule has 7 aromatic carbocycles. The molecule has 9 heterocycles. The maximum absolute atomic E-state index is 13.2. The maximum atomic E-state index is 13.2. The number of anilines is 1. The fourth-order valence-electron chi connectivity index (χ4n) is 11.5. The first-order valence-corrected chi connectivity index (χ1v) is 33.6. The molecule has 0 unspecified atom stereocenters. The molecule has 1 N–H and O–H groups in total. The van der Waals surface area contributed by atoms with Crippen molar-refractivity contribution in [3.63, 3.8) is 0 Å². The Hall–Kier alpha value is -9.65. The number of carbonyl (C=O) groups is 1. The summed E-state index contributed by atoms with van der Waals surface area (Å²) in [5.74, 6) is -0.0625. The van der Waals surface area contributed by atoms with Crippen molar-refractivity contribution >= 4 is 44.0 Å². The largest absolute Gasteiger partial charge is 3.00 e. The third-order valence-corrected chi connectivity index (χ3v) is 17.7. The molecule has 16 rings (SSSR count). The van der Waals surface area contributed by atoms with Crippen molar-refractivity contribution in [2.24, 2.45) is 0 Å². The van der Waals surface area contributed by atoms with E-state index in [9.17, 15) is 9.59 Å². The number of aliphatic hydroxyl groups is 1. The molecule has 0 saturated carbocycles. The number of allylic oxidation sites excluding steroid dienone is 2. The van der Waals surface area contributed by atoms with Crippen molar-refractivity contribution in [2.45, 2.75) is 72.1 Å². The van der Waals surface area contributed by atoms with Crippen LogP contribution in [0.15, 0.2) is 282 Å². The van der Waals surface area contributed by atoms with Crippen LogP contribution in [0, 0.1) is 37.3 Å². The quantitative estimate of drug-likeness (QED) is 0.0671. The zero-order valence-electron chi connectivity index (χ0n) is 57.4. The zero-order valence-corrected chi connectivity index (χ0v) is 65.4. The van der Waals surface area contributed by atoms with Crippen molar-refractivity contribution < 1.29 is 74.6 Å². The monoisotopic (exact) mass is 1890 g/mol. The maximum Gasteiger partial charge on any atom is 3.00 e. The molecule has 7 aromatic heterocycles. The molecule has 0 bridgehead atoms. The van der Waals surface area contributed by atoms with E-state index in [1.54, 1.807) is 29.9 Å². The van der Waals surface area contributed by atoms with Crippen LogP contribution in [-0.4, -0.2) is 53.9 Å². The van der Waals surface area contributed by atoms with E-state index in [2.05, 4.69) is 102 Å². The van der Waals surface area contributed by atoms with Gasteiger partial charge in [0.25, 0.3) is 0 Å². The van der Waals surface area contributed by atoms with Crippen molar-refractivity contribution in [1.29, 1.82) is 0 Å². The second-order valence-electron chi connectivity index (χ2n) is 25.0. The van der Waals surface area contributed by atoms with Crippen LogP contribution in [0.25, 0.3) is 99.3 Å². The van der Waals surface area contributed by atoms with E-state index in [-0.39, 0.29) is 88.3 Å². The number of hydrogen-bond donors (Lipinski definition) is 1. The van der Waals surface area contributed by atoms with E-state index in [1.165, 1.54) is 42.3 Å². The Morgan fingerprint density at radius 2 is 0.971 bits per heavy atom. The van der Waals surface area contributed by atoms with Crippen LogP contribution in [0.4, 0.5) is 5.69 Å². The van der Waals surface area contributed by atoms with Gasteiger partial charge in [-0.15, -0.1) is 179 Å². The summed E-state index contributed by atoms with van der Waals surface area (Å²) < 4.78 is 7.18. The van der Waals surface area contributed by atoms with Gasteiger partial charge in [-0.1, -0.05) is 117 Å². The van der Waals surface area contributed by atoms with Gasteiger partial charge in [0, 0.05) is 106 Å². The number of rotatable bonds is 8. The summed E-state index contributed by atoms with van der Waals surface area (Å²) in [5, 5.41) is 10.1. The summed E-state index contributed by atoms with van der Waals surface area (Å²) in [6.45, 7) is 16.3. The Kier molecular flexibility index (Phi) is 28.6. The molecule has 0 atom stereocenters. The van der Waals surface area contributed by atoms with Crippen molar-refractivity contribution in [2.75, 3.05) is 18.0 Å². The first-order valence-electron chi connectivity index (χ1n) is 32.8. The molecule has 0 spiro atoms. The fourth-order valence-corrected chi connectivity index (χ4v) is 12.5. The molecular formula is C87H74Ir3N7O4S-2. The Bertz CT molecular complexity index is 4800. The molecule has 0 aliphatic carbocycles. The number of benzene rings is 7. The van der Waals surface area contributed by atoms with E-state index in [0.717, 1.165) is 120 Å². The van der Waals surface area contributed by atoms with Crippen LogP contribution < -0.4 is 10.5 Å². The summed E-state index contributed by atoms with van der Waals surface area (Å²) in [6.07, 6.45) is 10.5. The van der Waals surface area contributed by atoms with E-state index < -0.39 is 0 Å². The molecule has 11 nitrogen and oxygen atoms in total. The van der Waals surface area contributed by atoms with Crippen molar-refractivity contribution in [3.8, 4) is 78.1 Å². The van der Waals surface area contributed by atoms with E-state index in [4.69, 9.17) is 19.5 Å². The Morgan fingerprint density at radius 3 is 1.46 bits per heavy atom. The second kappa shape index (κ2) is 37.3. The minimum absolute atomic E-state index is 0. The summed E-state index contributed by atoms with van der Waals surface area (Å²) in [4.78, 5) is 52.3. The zero-order chi connectivity index (χ0) is 69.1. The van der Waals surface area contributed by atoms with Crippen LogP contribution >= 0.6 is 11.3 Å². The third-order valence-electron chi connectivity index (χ3n) is 16.6. The number of carbonyl (C=O) groups excluding carboxylic acids is 1. The predicted molar refractivity (Wildman–Crippen MR) is 402 cm³/mol. The molecule has 102 heavy (non-hydrogen) atoms. The molecule has 2 radical (unpaired) electrons. The summed E-state index contributed by atoms with van der Waals surface area (Å²) in [5.41, 5.74) is 18.7. The molecule has 0 amide bonds. The van der Waals surface area contributed by atoms with E-state index in [1.807, 2.05) is 231 Å². The summed E-state index contributed by atoms with van der Waals surface area (Å²) >= 11 is 1.54. The SMILES string of the molecule is CC(=O)C=C(C)O.CC1(C)CCN2CCC(C)(C)c3c2c1cc1cc(-c2nc4ccccc4s2)c(=O)oc31.Cc1ccnc(-c2[c-]cccc2)c1.[Ir+3].[Ir].[Ir].[c-]1ccccc1-c1cccc(-c2[c-]c(-c3ccccn3)ccc2)n1.[c-]1ccccc1-c1ccccn1.[c-]1ccccc1-c1ccccn1. The van der Waals surface area contributed by atoms with Gasteiger partial charge >= 0.3 is 25.7 Å². The smallest absolute Gasteiger partial charge is 0.512 e. The standard InChI is InChI=1S/C26H26N2O2S.C22H14N2.C12H10N.2C11H8N.C5H8O2.3Ir/c1-25(2)9-11-28-12-10-26(3,4)20-21(28)17(25)14-15-13-16(24(29)30-22(15)20)23-27-18-7-5-6-8-19(18)31-23;1-2-8-17(9-3-1)21-13-7-14-22(24-21)19-11-6-10-18(16-19)20-12-4-5-15-23-20;1-10-7-8-13-12(9-10)11-5-3-2-4-6-11;2*1-2-6-10(7-3-1)11-8-4-5-9-12-11;1-4(6)3-5(2)7;;;/h5-8,13-14H,9-12H2,1-4H3;1-8,10-15H;2-5,7-9H,1H3;2*1-6,8-9H;3,6H,1-2H3;;;/q;-2;3*-1;;;;+3. The molecule has 2 aliphatic rings. The minimum Gasteiger partial charge on any atom is -0.512 e. The molecule has 2 aliphatic heterocycles. The number of hydrogen-bond acceptors (Lipinski definition) is 12. The van der Waals surface area contributed by atoms with Gasteiger partial charge in [0.15, 0.2) is 5.78 Å². The molecular weight excluding hydrogens is 1820 g/mol. The van der Waals surface area contributed by atoms with Crippen molar-refractivity contribution in [1.82, 2.24) is 29.9 Å². The van der Waals surface area contributed by atoms with Gasteiger partial charge in [-0.2, -0.15) is 0 Å². The number of fused-ring (bicyclic) bond motifs is 3. The summed E-state index contributed by atoms with van der Waals surface area (Å²) in [6, 6.07) is 93.4. The van der Waals surface area contributed by atoms with Gasteiger partial charge < -0.3 is 34.4 Å². The number of para-hydroxylation sites is 1. The van der Waals surface area contributed by atoms with Crippen LogP contribution in [0.2, 0.25) is 0 Å². The van der Waals surface area contributed by atoms with E-state index in [0.29, 0.717) is 5.56 Å². The van der Waals surface area contributed by atoms with Gasteiger partial charge in [0.2, 0.25) is 0 Å². The number of aromatic nitrogens is 6. The van der Waals surface area contributed by atoms with Crippen LogP contribution in [0.1, 0.15) is 71.1 Å². The number of pyridine rings is 5. The Labute approximate surface area is 642 Å². The number of aliphatic hydroxyl groups excluding tert-OH is 1. The second-order valence-corrected chi connectivity index (χ2v) is 26.0. The number of aryl methyl sites for hydroxylation is 1. The molecule has 0 saturated heterocycles. The fraction of sp³-hybridized carbons (Fsp3) is 0.149. The Balaban J connectivity index is 0.000000165. The number of thiazole rings is 1. The van der Waals surface area contributed by atoms with Gasteiger partial charge in [0.05, 0.1) is 21.5 Å². The van der Waals surface area contributed by atoms with Crippen LogP contribution in [0.5, 0.6) is 0 Å². The molecule has 516 valence electrons. The number of ketones is 1. The molecule has 0 fully saturated rings. The van der Waals surface area contributed by atoms with E-state index >= 15 is 0 Å². The molecule has 14 aromatic rings. The van der Waals surface area contributed by atoms with Gasteiger partial charge in [-0.3, -0.25) is 9.78 Å². The average Bonchev–Trinajstić information content (AvgIpc) is 0.740. The average molecular weight is 1890 g/mol. The summed E-state index contributed by atoms with van der Waals surface area (Å²) in [7, 11) is 0. The third kappa shape index (κ3) is 20.5. The van der Waals surface area contributed by atoms with Crippen LogP contribution in [-0.2, 0) is 75.9 Å². The van der Waals surface area contributed by atoms with Crippen LogP contribution in [0.3, 0.4) is 0 Å². The predicted octanol–water partition coefficient (Wildman–Crippen LogP) is 20.3. The topological polar surface area (TPSA) is 148 Å². The minimum atomic E-state index is -0.300. The first-order chi connectivity index (χ1) is 48.1. The van der Waals surface area contributed by atoms with Crippen molar-refractivity contribution in [3.05, 3.63) is 331 Å². The van der Waals surface area contributed by atoms with Gasteiger partial charge in [0.1, 0.15) is 10.6 Å². The van der Waals surface area contributed by atoms with Gasteiger partial charge in [-0.25, -0.2) is 9.78 Å². The number of nitrogens with zero attached hydrogens (tertiary/aromatic N) is 7. The first kappa shape index (κ1) is 78.1. The Morgan fingerprint density at radius 1 is 0.520 bits per heavy atom. The molecule has 15 heteroatoms. The van der Waals surface area contributed by atoms with Gasteiger partial charge in [-0.05, 0) is 127 Å². The normalized spacial score (nSPS) is 12.6.